The average Bonchev–Trinajstić information content (AvgIpc) is 2.95. The summed E-state index contributed by atoms with van der Waals surface area (Å²) in [7, 11) is 3.73. The number of allylic oxidation sites excluding steroid dienone is 1. The summed E-state index contributed by atoms with van der Waals surface area (Å²) < 4.78 is 27.5. The summed E-state index contributed by atoms with van der Waals surface area (Å²) in [5.41, 5.74) is 0. The molecule has 0 aromatic rings. The molecule has 0 aliphatic carbocycles. The standard InChI is InChI=1S/C12H18F2N4/c1-15-6-8-17(10-15)12(14,4-3-5-13)18-9-7-16(2)11-18/h3-4,6-9H,5,10-11H2,1-2H3. The monoisotopic (exact) mass is 256 g/mol. The fourth-order valence-electron chi connectivity index (χ4n) is 2.02. The van der Waals surface area contributed by atoms with Crippen LogP contribution in [0.2, 0.25) is 0 Å². The lowest BCUT2D eigenvalue weighted by molar-refractivity contribution is -0.0825. The van der Waals surface area contributed by atoms with Gasteiger partial charge in [0, 0.05) is 38.9 Å². The molecule has 0 fully saturated rings. The van der Waals surface area contributed by atoms with Crippen LogP contribution in [0.25, 0.3) is 0 Å². The van der Waals surface area contributed by atoms with Gasteiger partial charge >= 0.3 is 0 Å². The van der Waals surface area contributed by atoms with Gasteiger partial charge in [-0.3, -0.25) is 0 Å². The van der Waals surface area contributed by atoms with Crippen molar-refractivity contribution in [3.63, 3.8) is 0 Å². The van der Waals surface area contributed by atoms with Gasteiger partial charge < -0.3 is 19.6 Å². The van der Waals surface area contributed by atoms with E-state index in [1.807, 2.05) is 23.9 Å². The Balaban J connectivity index is 2.20. The minimum atomic E-state index is -1.84. The van der Waals surface area contributed by atoms with Crippen LogP contribution in [-0.2, 0) is 0 Å². The van der Waals surface area contributed by atoms with Gasteiger partial charge in [0.1, 0.15) is 6.67 Å². The van der Waals surface area contributed by atoms with Crippen LogP contribution in [0.3, 0.4) is 0 Å². The van der Waals surface area contributed by atoms with Gasteiger partial charge in [-0.1, -0.05) is 6.08 Å². The molecule has 2 aliphatic heterocycles. The van der Waals surface area contributed by atoms with Crippen molar-refractivity contribution in [3.8, 4) is 0 Å². The summed E-state index contributed by atoms with van der Waals surface area (Å²) >= 11 is 0. The molecular weight excluding hydrogens is 238 g/mol. The third-order valence-corrected chi connectivity index (χ3v) is 2.98. The fourth-order valence-corrected chi connectivity index (χ4v) is 2.02. The van der Waals surface area contributed by atoms with E-state index in [9.17, 15) is 4.39 Å². The molecule has 2 aliphatic rings. The van der Waals surface area contributed by atoms with E-state index in [4.69, 9.17) is 0 Å². The van der Waals surface area contributed by atoms with Gasteiger partial charge in [0.05, 0.1) is 13.3 Å². The highest BCUT2D eigenvalue weighted by atomic mass is 19.2. The zero-order valence-electron chi connectivity index (χ0n) is 10.6. The highest BCUT2D eigenvalue weighted by Gasteiger charge is 2.41. The average molecular weight is 256 g/mol. The van der Waals surface area contributed by atoms with E-state index in [0.717, 1.165) is 0 Å². The van der Waals surface area contributed by atoms with Crippen molar-refractivity contribution in [3.05, 3.63) is 37.0 Å². The fraction of sp³-hybridized carbons (Fsp3) is 0.500. The number of hydrogen-bond acceptors (Lipinski definition) is 4. The Labute approximate surface area is 106 Å². The van der Waals surface area contributed by atoms with Gasteiger partial charge in [0.2, 0.25) is 0 Å². The SMILES string of the molecule is CN1C=CN(C(F)(C=CCF)N2C=CN(C)C2)C1. The predicted molar refractivity (Wildman–Crippen MR) is 66.2 cm³/mol. The first-order valence-corrected chi connectivity index (χ1v) is 5.79. The molecule has 0 atom stereocenters. The largest absolute Gasteiger partial charge is 0.361 e. The van der Waals surface area contributed by atoms with E-state index in [1.165, 1.54) is 22.0 Å². The van der Waals surface area contributed by atoms with Crippen LogP contribution in [0.4, 0.5) is 8.78 Å². The third-order valence-electron chi connectivity index (χ3n) is 2.98. The third kappa shape index (κ3) is 2.27. The van der Waals surface area contributed by atoms with Gasteiger partial charge in [-0.2, -0.15) is 4.39 Å². The van der Waals surface area contributed by atoms with E-state index >= 15 is 4.39 Å². The first-order chi connectivity index (χ1) is 8.56. The lowest BCUT2D eigenvalue weighted by Gasteiger charge is -2.39. The molecule has 18 heavy (non-hydrogen) atoms. The Hall–Kier alpha value is -1.72. The van der Waals surface area contributed by atoms with Gasteiger partial charge in [-0.05, 0) is 6.08 Å². The summed E-state index contributed by atoms with van der Waals surface area (Å²) in [4.78, 5) is 6.79. The highest BCUT2D eigenvalue weighted by molar-refractivity contribution is 5.10. The first kappa shape index (κ1) is 12.7. The smallest absolute Gasteiger partial charge is 0.282 e. The quantitative estimate of drug-likeness (QED) is 0.558. The molecule has 0 aromatic heterocycles. The molecular formula is C12H18F2N4. The number of halogens is 2. The molecule has 0 saturated carbocycles. The van der Waals surface area contributed by atoms with Crippen LogP contribution in [0.5, 0.6) is 0 Å². The Morgan fingerprint density at radius 3 is 1.89 bits per heavy atom. The molecule has 0 radical (unpaired) electrons. The van der Waals surface area contributed by atoms with Crippen LogP contribution in [-0.4, -0.2) is 59.6 Å². The molecule has 0 amide bonds. The molecule has 0 bridgehead atoms. The van der Waals surface area contributed by atoms with Crippen LogP contribution < -0.4 is 0 Å². The maximum absolute atomic E-state index is 15.2. The second-order valence-corrected chi connectivity index (χ2v) is 4.53. The van der Waals surface area contributed by atoms with Crippen LogP contribution in [0.15, 0.2) is 37.0 Å². The first-order valence-electron chi connectivity index (χ1n) is 5.79. The minimum absolute atomic E-state index is 0.432. The van der Waals surface area contributed by atoms with Crippen molar-refractivity contribution < 1.29 is 8.78 Å². The number of rotatable bonds is 4. The summed E-state index contributed by atoms with van der Waals surface area (Å²) in [5.74, 6) is -1.84. The summed E-state index contributed by atoms with van der Waals surface area (Å²) in [5, 5.41) is 0. The number of hydrogen-bond donors (Lipinski definition) is 0. The highest BCUT2D eigenvalue weighted by Crippen LogP contribution is 2.30. The molecule has 0 aromatic carbocycles. The van der Waals surface area contributed by atoms with Crippen LogP contribution in [0, 0.1) is 0 Å². The molecule has 4 nitrogen and oxygen atoms in total. The predicted octanol–water partition coefficient (Wildman–Crippen LogP) is 1.49. The van der Waals surface area contributed by atoms with Crippen LogP contribution in [0.1, 0.15) is 0 Å². The normalized spacial score (nSPS) is 20.0. The van der Waals surface area contributed by atoms with Crippen molar-refractivity contribution in [1.29, 1.82) is 0 Å². The summed E-state index contributed by atoms with van der Waals surface area (Å²) in [6.45, 7) is 0.189. The Bertz CT molecular complexity index is 354. The molecule has 100 valence electrons. The lowest BCUT2D eigenvalue weighted by atomic mass is 10.3. The summed E-state index contributed by atoms with van der Waals surface area (Å²) in [6.07, 6.45) is 9.41. The molecule has 2 heterocycles. The van der Waals surface area contributed by atoms with Crippen molar-refractivity contribution in [2.24, 2.45) is 0 Å². The maximum Gasteiger partial charge on any atom is 0.282 e. The molecule has 0 N–H and O–H groups in total. The molecule has 2 rings (SSSR count). The van der Waals surface area contributed by atoms with Crippen molar-refractivity contribution in [2.45, 2.75) is 5.92 Å². The van der Waals surface area contributed by atoms with Gasteiger partial charge in [0.15, 0.2) is 0 Å². The number of nitrogens with zero attached hydrogens (tertiary/aromatic N) is 4. The number of alkyl halides is 2. The van der Waals surface area contributed by atoms with Crippen molar-refractivity contribution >= 4 is 0 Å². The van der Waals surface area contributed by atoms with E-state index in [0.29, 0.717) is 13.3 Å². The maximum atomic E-state index is 15.2. The van der Waals surface area contributed by atoms with E-state index in [-0.39, 0.29) is 0 Å². The van der Waals surface area contributed by atoms with Crippen molar-refractivity contribution in [2.75, 3.05) is 34.1 Å². The lowest BCUT2D eigenvalue weighted by Crippen LogP contribution is -2.53. The molecule has 0 saturated heterocycles. The summed E-state index contributed by atoms with van der Waals surface area (Å²) in [6, 6.07) is 0. The zero-order chi connectivity index (χ0) is 13.2. The Kier molecular flexibility index (Phi) is 3.45. The molecule has 0 unspecified atom stereocenters. The van der Waals surface area contributed by atoms with Gasteiger partial charge in [0.25, 0.3) is 5.92 Å². The molecule has 6 heteroatoms. The van der Waals surface area contributed by atoms with Gasteiger partial charge in [-0.15, -0.1) is 0 Å². The second-order valence-electron chi connectivity index (χ2n) is 4.53. The van der Waals surface area contributed by atoms with E-state index in [2.05, 4.69) is 0 Å². The Morgan fingerprint density at radius 2 is 1.56 bits per heavy atom. The zero-order valence-corrected chi connectivity index (χ0v) is 10.6. The topological polar surface area (TPSA) is 13.0 Å². The van der Waals surface area contributed by atoms with Crippen molar-refractivity contribution in [1.82, 2.24) is 19.6 Å². The van der Waals surface area contributed by atoms with Crippen LogP contribution >= 0.6 is 0 Å². The molecule has 0 spiro atoms. The second kappa shape index (κ2) is 4.88. The van der Waals surface area contributed by atoms with E-state index in [1.54, 1.807) is 24.8 Å². The Morgan fingerprint density at radius 1 is 1.06 bits per heavy atom. The minimum Gasteiger partial charge on any atom is -0.361 e. The van der Waals surface area contributed by atoms with Gasteiger partial charge in [-0.25, -0.2) is 4.39 Å². The van der Waals surface area contributed by atoms with E-state index < -0.39 is 12.6 Å².